The summed E-state index contributed by atoms with van der Waals surface area (Å²) >= 11 is 1.70. The third kappa shape index (κ3) is 3.64. The van der Waals surface area contributed by atoms with Crippen molar-refractivity contribution in [3.05, 3.63) is 0 Å². The average Bonchev–Trinajstić information content (AvgIpc) is 2.84. The first kappa shape index (κ1) is 13.7. The molecule has 1 saturated heterocycles. The smallest absolute Gasteiger partial charge is 0.209 e. The van der Waals surface area contributed by atoms with E-state index in [9.17, 15) is 0 Å². The van der Waals surface area contributed by atoms with E-state index in [0.29, 0.717) is 11.8 Å². The van der Waals surface area contributed by atoms with Crippen LogP contribution in [0.25, 0.3) is 0 Å². The number of aromatic nitrogens is 4. The number of hydrogen-bond acceptors (Lipinski definition) is 7. The minimum atomic E-state index is -0.331. The first-order valence-corrected chi connectivity index (χ1v) is 6.77. The van der Waals surface area contributed by atoms with Gasteiger partial charge in [0.15, 0.2) is 6.29 Å². The van der Waals surface area contributed by atoms with E-state index in [0.717, 1.165) is 31.2 Å². The van der Waals surface area contributed by atoms with Crippen molar-refractivity contribution in [3.8, 4) is 0 Å². The first-order valence-electron chi connectivity index (χ1n) is 5.89. The molecule has 2 heterocycles. The molecule has 8 heteroatoms. The normalized spacial score (nSPS) is 17.5. The molecule has 7 nitrogen and oxygen atoms in total. The molecule has 1 aliphatic heterocycles. The largest absolute Gasteiger partial charge is 0.381 e. The molecule has 1 aromatic heterocycles. The van der Waals surface area contributed by atoms with Crippen LogP contribution >= 0.6 is 11.8 Å². The van der Waals surface area contributed by atoms with Crippen LogP contribution in [0, 0.1) is 0 Å². The summed E-state index contributed by atoms with van der Waals surface area (Å²) in [5.41, 5.74) is 0. The van der Waals surface area contributed by atoms with Crippen LogP contribution in [0.4, 0.5) is 0 Å². The second kappa shape index (κ2) is 7.03. The maximum absolute atomic E-state index is 5.34. The Morgan fingerprint density at radius 1 is 1.39 bits per heavy atom. The Bertz CT molecular complexity index is 353. The van der Waals surface area contributed by atoms with Gasteiger partial charge in [0.2, 0.25) is 5.16 Å². The van der Waals surface area contributed by atoms with Gasteiger partial charge in [0, 0.05) is 32.7 Å². The second-order valence-corrected chi connectivity index (χ2v) is 5.24. The highest BCUT2D eigenvalue weighted by Crippen LogP contribution is 2.27. The van der Waals surface area contributed by atoms with Crippen LogP contribution < -0.4 is 0 Å². The molecule has 0 spiro atoms. The topological polar surface area (TPSA) is 71.3 Å². The maximum Gasteiger partial charge on any atom is 0.209 e. The molecule has 0 aromatic carbocycles. The zero-order chi connectivity index (χ0) is 12.8. The lowest BCUT2D eigenvalue weighted by Gasteiger charge is -2.21. The van der Waals surface area contributed by atoms with Gasteiger partial charge in [0.25, 0.3) is 0 Å². The van der Waals surface area contributed by atoms with Crippen LogP contribution in [0.1, 0.15) is 12.8 Å². The fourth-order valence-electron chi connectivity index (χ4n) is 1.72. The van der Waals surface area contributed by atoms with Gasteiger partial charge in [-0.05, 0) is 23.3 Å². The molecule has 1 fully saturated rings. The summed E-state index contributed by atoms with van der Waals surface area (Å²) in [5, 5.41) is 13.0. The molecule has 1 aliphatic rings. The number of thioether (sulfide) groups is 1. The fourth-order valence-corrected chi connectivity index (χ4v) is 2.77. The van der Waals surface area contributed by atoms with E-state index in [1.54, 1.807) is 30.7 Å². The van der Waals surface area contributed by atoms with Crippen LogP contribution in [0.5, 0.6) is 0 Å². The molecule has 18 heavy (non-hydrogen) atoms. The highest BCUT2D eigenvalue weighted by Gasteiger charge is 2.20. The highest BCUT2D eigenvalue weighted by molar-refractivity contribution is 7.99. The molecular formula is C10H18N4O3S. The predicted octanol–water partition coefficient (Wildman–Crippen LogP) is 0.563. The molecule has 102 valence electrons. The Kier molecular flexibility index (Phi) is 5.36. The quantitative estimate of drug-likeness (QED) is 0.702. The van der Waals surface area contributed by atoms with Crippen molar-refractivity contribution in [1.29, 1.82) is 0 Å². The monoisotopic (exact) mass is 274 g/mol. The Morgan fingerprint density at radius 3 is 2.78 bits per heavy atom. The molecule has 0 atom stereocenters. The Labute approximate surface area is 110 Å². The van der Waals surface area contributed by atoms with E-state index < -0.39 is 0 Å². The molecular weight excluding hydrogens is 256 g/mol. The summed E-state index contributed by atoms with van der Waals surface area (Å²) in [5.74, 6) is 0. The van der Waals surface area contributed by atoms with E-state index in [2.05, 4.69) is 15.5 Å². The summed E-state index contributed by atoms with van der Waals surface area (Å²) in [6.45, 7) is 2.13. The van der Waals surface area contributed by atoms with Gasteiger partial charge in [-0.1, -0.05) is 11.8 Å². The molecule has 0 bridgehead atoms. The summed E-state index contributed by atoms with van der Waals surface area (Å²) in [4.78, 5) is 0. The number of ether oxygens (including phenoxy) is 3. The van der Waals surface area contributed by atoms with Crippen molar-refractivity contribution in [2.24, 2.45) is 0 Å². The van der Waals surface area contributed by atoms with Crippen LogP contribution in [0.15, 0.2) is 5.16 Å². The van der Waals surface area contributed by atoms with Crippen LogP contribution in [0.3, 0.4) is 0 Å². The highest BCUT2D eigenvalue weighted by atomic mass is 32.2. The van der Waals surface area contributed by atoms with Gasteiger partial charge in [-0.3, -0.25) is 0 Å². The molecule has 0 aliphatic carbocycles. The molecule has 1 aromatic rings. The van der Waals surface area contributed by atoms with Crippen molar-refractivity contribution in [2.45, 2.75) is 36.1 Å². The number of nitrogens with zero attached hydrogens (tertiary/aromatic N) is 4. The summed E-state index contributed by atoms with van der Waals surface area (Å²) in [6, 6.07) is 0. The lowest BCUT2D eigenvalue weighted by molar-refractivity contribution is -0.113. The van der Waals surface area contributed by atoms with Gasteiger partial charge in [-0.15, -0.1) is 5.10 Å². The fraction of sp³-hybridized carbons (Fsp3) is 0.900. The maximum atomic E-state index is 5.34. The average molecular weight is 274 g/mol. The predicted molar refractivity (Wildman–Crippen MR) is 65.3 cm³/mol. The number of tetrazole rings is 1. The molecule has 0 unspecified atom stereocenters. The van der Waals surface area contributed by atoms with Crippen molar-refractivity contribution >= 4 is 11.8 Å². The Hall–Kier alpha value is -0.700. The van der Waals surface area contributed by atoms with Crippen LogP contribution in [-0.4, -0.2) is 59.2 Å². The Balaban J connectivity index is 1.93. The second-order valence-electron chi connectivity index (χ2n) is 3.97. The third-order valence-corrected chi connectivity index (χ3v) is 4.10. The van der Waals surface area contributed by atoms with E-state index >= 15 is 0 Å². The zero-order valence-electron chi connectivity index (χ0n) is 10.6. The van der Waals surface area contributed by atoms with Gasteiger partial charge in [-0.2, -0.15) is 0 Å². The minimum Gasteiger partial charge on any atom is -0.381 e. The van der Waals surface area contributed by atoms with Crippen LogP contribution in [-0.2, 0) is 20.8 Å². The standard InChI is InChI=1S/C10H18N4O3S/c1-15-9(16-2)7-14-10(11-12-13-14)18-8-3-5-17-6-4-8/h8-9H,3-7H2,1-2H3. The first-order chi connectivity index (χ1) is 8.83. The van der Waals surface area contributed by atoms with Crippen molar-refractivity contribution in [3.63, 3.8) is 0 Å². The number of methoxy groups -OCH3 is 2. The minimum absolute atomic E-state index is 0.331. The molecule has 0 amide bonds. The SMILES string of the molecule is COC(Cn1nnnc1SC1CCOCC1)OC. The van der Waals surface area contributed by atoms with Crippen LogP contribution in [0.2, 0.25) is 0 Å². The third-order valence-electron chi connectivity index (χ3n) is 2.79. The van der Waals surface area contributed by atoms with Gasteiger partial charge in [-0.25, -0.2) is 4.68 Å². The lowest BCUT2D eigenvalue weighted by Crippen LogP contribution is -2.23. The summed E-state index contributed by atoms with van der Waals surface area (Å²) in [6.07, 6.45) is 1.74. The van der Waals surface area contributed by atoms with Gasteiger partial charge in [0.1, 0.15) is 0 Å². The molecule has 2 rings (SSSR count). The summed E-state index contributed by atoms with van der Waals surface area (Å²) in [7, 11) is 3.20. The van der Waals surface area contributed by atoms with E-state index in [-0.39, 0.29) is 6.29 Å². The number of hydrogen-bond donors (Lipinski definition) is 0. The zero-order valence-corrected chi connectivity index (χ0v) is 11.4. The molecule has 0 N–H and O–H groups in total. The molecule has 0 saturated carbocycles. The Morgan fingerprint density at radius 2 is 2.11 bits per heavy atom. The van der Waals surface area contributed by atoms with E-state index in [4.69, 9.17) is 14.2 Å². The van der Waals surface area contributed by atoms with Crippen molar-refractivity contribution in [1.82, 2.24) is 20.2 Å². The van der Waals surface area contributed by atoms with Crippen molar-refractivity contribution in [2.75, 3.05) is 27.4 Å². The number of rotatable bonds is 6. The van der Waals surface area contributed by atoms with Gasteiger partial charge >= 0.3 is 0 Å². The van der Waals surface area contributed by atoms with Gasteiger partial charge in [0.05, 0.1) is 6.54 Å². The molecule has 0 radical (unpaired) electrons. The van der Waals surface area contributed by atoms with E-state index in [1.807, 2.05) is 0 Å². The van der Waals surface area contributed by atoms with Crippen molar-refractivity contribution < 1.29 is 14.2 Å². The van der Waals surface area contributed by atoms with E-state index in [1.165, 1.54) is 0 Å². The van der Waals surface area contributed by atoms with Gasteiger partial charge < -0.3 is 14.2 Å². The lowest BCUT2D eigenvalue weighted by atomic mass is 10.2. The summed E-state index contributed by atoms with van der Waals surface area (Å²) < 4.78 is 17.4.